The highest BCUT2D eigenvalue weighted by Crippen LogP contribution is 2.40. The molecule has 24 heavy (non-hydrogen) atoms. The van der Waals surface area contributed by atoms with Crippen LogP contribution in [0, 0.1) is 5.41 Å². The number of hydrogen-bond donors (Lipinski definition) is 0. The molecule has 0 saturated carbocycles. The number of carbonyl (C=O) groups is 2. The molecule has 2 fully saturated rings. The molecule has 5 nitrogen and oxygen atoms in total. The Bertz CT molecular complexity index is 819. The highest BCUT2D eigenvalue weighted by molar-refractivity contribution is 5.96. The van der Waals surface area contributed by atoms with E-state index in [1.165, 1.54) is 0 Å². The second-order valence-corrected chi connectivity index (χ2v) is 6.98. The van der Waals surface area contributed by atoms with Gasteiger partial charge in [0.2, 0.25) is 5.91 Å². The van der Waals surface area contributed by atoms with E-state index in [1.54, 1.807) is 11.0 Å². The Balaban J connectivity index is 1.57. The first-order valence-corrected chi connectivity index (χ1v) is 8.50. The number of likely N-dealkylation sites (tertiary alicyclic amines) is 2. The summed E-state index contributed by atoms with van der Waals surface area (Å²) in [6.07, 6.45) is 2.65. The number of para-hydroxylation sites is 1. The van der Waals surface area contributed by atoms with E-state index in [9.17, 15) is 9.59 Å². The molecule has 4 rings (SSSR count). The largest absolute Gasteiger partial charge is 0.345 e. The first-order chi connectivity index (χ1) is 11.6. The first kappa shape index (κ1) is 15.1. The summed E-state index contributed by atoms with van der Waals surface area (Å²) in [6.45, 7) is 1.97. The fraction of sp³-hybridized carbons (Fsp3) is 0.421. The second-order valence-electron chi connectivity index (χ2n) is 6.98. The summed E-state index contributed by atoms with van der Waals surface area (Å²) in [5.41, 5.74) is 0.910. The zero-order chi connectivity index (χ0) is 16.7. The number of carbonyl (C=O) groups excluding carboxylic acids is 2. The van der Waals surface area contributed by atoms with Crippen LogP contribution in [0.4, 0.5) is 0 Å². The van der Waals surface area contributed by atoms with Crippen LogP contribution in [0.3, 0.4) is 0 Å². The molecule has 0 N–H and O–H groups in total. The minimum absolute atomic E-state index is 0.0707. The second kappa shape index (κ2) is 5.58. The van der Waals surface area contributed by atoms with Crippen LogP contribution in [-0.2, 0) is 4.79 Å². The molecule has 0 radical (unpaired) electrons. The molecule has 5 heteroatoms. The maximum Gasteiger partial charge on any atom is 0.272 e. The third-order valence-corrected chi connectivity index (χ3v) is 5.41. The Morgan fingerprint density at radius 1 is 1.12 bits per heavy atom. The first-order valence-electron chi connectivity index (χ1n) is 8.50. The van der Waals surface area contributed by atoms with Gasteiger partial charge in [-0.25, -0.2) is 4.98 Å². The smallest absolute Gasteiger partial charge is 0.272 e. The van der Waals surface area contributed by atoms with Crippen molar-refractivity contribution in [3.8, 4) is 0 Å². The van der Waals surface area contributed by atoms with Gasteiger partial charge in [-0.3, -0.25) is 9.59 Å². The van der Waals surface area contributed by atoms with Gasteiger partial charge in [0.25, 0.3) is 5.91 Å². The van der Waals surface area contributed by atoms with Gasteiger partial charge in [0.1, 0.15) is 5.69 Å². The van der Waals surface area contributed by atoms with Crippen LogP contribution < -0.4 is 0 Å². The minimum atomic E-state index is -0.375. The Morgan fingerprint density at radius 2 is 1.96 bits per heavy atom. The van der Waals surface area contributed by atoms with Crippen molar-refractivity contribution in [2.45, 2.75) is 19.3 Å². The molecule has 2 amide bonds. The van der Waals surface area contributed by atoms with E-state index in [4.69, 9.17) is 0 Å². The molecule has 0 unspecified atom stereocenters. The molecule has 1 atom stereocenters. The van der Waals surface area contributed by atoms with E-state index in [1.807, 2.05) is 42.3 Å². The molecule has 1 spiro atoms. The van der Waals surface area contributed by atoms with Crippen molar-refractivity contribution in [2.24, 2.45) is 5.41 Å². The molecule has 2 aliphatic rings. The number of hydrogen-bond acceptors (Lipinski definition) is 3. The predicted molar refractivity (Wildman–Crippen MR) is 91.6 cm³/mol. The normalized spacial score (nSPS) is 24.1. The predicted octanol–water partition coefficient (Wildman–Crippen LogP) is 2.32. The standard InChI is InChI=1S/C19H21N3O2/c1-21-11-4-9-19(18(21)24)10-12-22(13-19)17(23)16-8-7-14-5-2-3-6-15(14)20-16/h2-3,5-8H,4,9-13H2,1H3/t19-/m1/s1. The maximum absolute atomic E-state index is 12.8. The monoisotopic (exact) mass is 323 g/mol. The zero-order valence-corrected chi connectivity index (χ0v) is 13.9. The maximum atomic E-state index is 12.8. The number of pyridine rings is 1. The lowest BCUT2D eigenvalue weighted by atomic mass is 9.78. The molecule has 2 saturated heterocycles. The Kier molecular flexibility index (Phi) is 3.52. The van der Waals surface area contributed by atoms with E-state index in [0.717, 1.165) is 36.7 Å². The van der Waals surface area contributed by atoms with Crippen molar-refractivity contribution in [1.29, 1.82) is 0 Å². The van der Waals surface area contributed by atoms with Crippen molar-refractivity contribution >= 4 is 22.7 Å². The Labute approximate surface area is 141 Å². The van der Waals surface area contributed by atoms with Crippen LogP contribution in [0.2, 0.25) is 0 Å². The van der Waals surface area contributed by atoms with Crippen molar-refractivity contribution in [1.82, 2.24) is 14.8 Å². The molecule has 1 aromatic heterocycles. The van der Waals surface area contributed by atoms with Gasteiger partial charge in [0, 0.05) is 32.1 Å². The summed E-state index contributed by atoms with van der Waals surface area (Å²) in [5.74, 6) is 0.120. The average Bonchev–Trinajstić information content (AvgIpc) is 3.04. The van der Waals surface area contributed by atoms with Crippen LogP contribution in [0.15, 0.2) is 36.4 Å². The lowest BCUT2D eigenvalue weighted by molar-refractivity contribution is -0.143. The van der Waals surface area contributed by atoms with E-state index >= 15 is 0 Å². The van der Waals surface area contributed by atoms with Crippen molar-refractivity contribution in [2.75, 3.05) is 26.7 Å². The van der Waals surface area contributed by atoms with Crippen molar-refractivity contribution in [3.05, 3.63) is 42.1 Å². The quantitative estimate of drug-likeness (QED) is 0.809. The van der Waals surface area contributed by atoms with Gasteiger partial charge in [-0.05, 0) is 31.4 Å². The molecule has 124 valence electrons. The number of nitrogens with zero attached hydrogens (tertiary/aromatic N) is 3. The number of fused-ring (bicyclic) bond motifs is 1. The summed E-state index contributed by atoms with van der Waals surface area (Å²) in [6, 6.07) is 11.5. The molecule has 0 bridgehead atoms. The summed E-state index contributed by atoms with van der Waals surface area (Å²) in [7, 11) is 1.86. The van der Waals surface area contributed by atoms with E-state index < -0.39 is 0 Å². The summed E-state index contributed by atoms with van der Waals surface area (Å²) in [5, 5.41) is 1.02. The van der Waals surface area contributed by atoms with Gasteiger partial charge >= 0.3 is 0 Å². The van der Waals surface area contributed by atoms with Crippen LogP contribution in [0.1, 0.15) is 29.8 Å². The zero-order valence-electron chi connectivity index (χ0n) is 13.9. The number of piperidine rings is 1. The van der Waals surface area contributed by atoms with Gasteiger partial charge in [0.15, 0.2) is 0 Å². The molecule has 0 aliphatic carbocycles. The third kappa shape index (κ3) is 2.35. The fourth-order valence-corrected chi connectivity index (χ4v) is 4.04. The molecular weight excluding hydrogens is 302 g/mol. The van der Waals surface area contributed by atoms with Crippen LogP contribution in [-0.4, -0.2) is 53.3 Å². The van der Waals surface area contributed by atoms with Gasteiger partial charge < -0.3 is 9.80 Å². The number of aromatic nitrogens is 1. The molecule has 3 heterocycles. The van der Waals surface area contributed by atoms with Crippen LogP contribution in [0.5, 0.6) is 0 Å². The minimum Gasteiger partial charge on any atom is -0.345 e. The van der Waals surface area contributed by atoms with Gasteiger partial charge in [-0.1, -0.05) is 24.3 Å². The summed E-state index contributed by atoms with van der Waals surface area (Å²) in [4.78, 5) is 33.6. The number of amides is 2. The van der Waals surface area contributed by atoms with Gasteiger partial charge in [-0.2, -0.15) is 0 Å². The van der Waals surface area contributed by atoms with E-state index in [-0.39, 0.29) is 17.2 Å². The van der Waals surface area contributed by atoms with Crippen molar-refractivity contribution < 1.29 is 9.59 Å². The third-order valence-electron chi connectivity index (χ3n) is 5.41. The topological polar surface area (TPSA) is 53.5 Å². The lowest BCUT2D eigenvalue weighted by Crippen LogP contribution is -2.48. The summed E-state index contributed by atoms with van der Waals surface area (Å²) < 4.78 is 0. The van der Waals surface area contributed by atoms with Gasteiger partial charge in [0.05, 0.1) is 10.9 Å². The Hall–Kier alpha value is -2.43. The SMILES string of the molecule is CN1CCC[C@]2(CCN(C(=O)c3ccc4ccccc4n3)C2)C1=O. The molecule has 2 aliphatic heterocycles. The average molecular weight is 323 g/mol. The van der Waals surface area contributed by atoms with Crippen LogP contribution in [0.25, 0.3) is 10.9 Å². The van der Waals surface area contributed by atoms with Crippen LogP contribution >= 0.6 is 0 Å². The number of benzene rings is 1. The summed E-state index contributed by atoms with van der Waals surface area (Å²) >= 11 is 0. The fourth-order valence-electron chi connectivity index (χ4n) is 4.04. The van der Waals surface area contributed by atoms with Crippen molar-refractivity contribution in [3.63, 3.8) is 0 Å². The van der Waals surface area contributed by atoms with Gasteiger partial charge in [-0.15, -0.1) is 0 Å². The van der Waals surface area contributed by atoms with E-state index in [2.05, 4.69) is 4.98 Å². The lowest BCUT2D eigenvalue weighted by Gasteiger charge is -2.37. The molecule has 1 aromatic carbocycles. The number of rotatable bonds is 1. The highest BCUT2D eigenvalue weighted by Gasteiger charge is 2.48. The molecule has 2 aromatic rings. The molecular formula is C19H21N3O2. The highest BCUT2D eigenvalue weighted by atomic mass is 16.2. The Morgan fingerprint density at radius 3 is 2.83 bits per heavy atom. The van der Waals surface area contributed by atoms with E-state index in [0.29, 0.717) is 18.8 Å².